The highest BCUT2D eigenvalue weighted by molar-refractivity contribution is 9.10. The molecule has 0 spiro atoms. The molecular formula is C14H19BrN2O. The lowest BCUT2D eigenvalue weighted by Crippen LogP contribution is -2.05. The summed E-state index contributed by atoms with van der Waals surface area (Å²) in [5.41, 5.74) is 2.17. The molecule has 1 unspecified atom stereocenters. The first-order valence-corrected chi connectivity index (χ1v) is 6.80. The van der Waals surface area contributed by atoms with Crippen LogP contribution in [0.15, 0.2) is 39.6 Å². The van der Waals surface area contributed by atoms with Gasteiger partial charge in [-0.25, -0.2) is 0 Å². The Balaban J connectivity index is 2.60. The minimum absolute atomic E-state index is 0.0144. The molecule has 0 N–H and O–H groups in total. The van der Waals surface area contributed by atoms with Gasteiger partial charge in [0.15, 0.2) is 0 Å². The molecule has 0 saturated carbocycles. The molecule has 0 aliphatic rings. The van der Waals surface area contributed by atoms with Crippen LogP contribution in [0.3, 0.4) is 0 Å². The molecule has 0 bridgehead atoms. The minimum atomic E-state index is 0.0144. The lowest BCUT2D eigenvalue weighted by Gasteiger charge is -2.13. The second-order valence-electron chi connectivity index (χ2n) is 3.96. The lowest BCUT2D eigenvalue weighted by molar-refractivity contribution is 0.0858. The van der Waals surface area contributed by atoms with E-state index in [2.05, 4.69) is 38.9 Å². The van der Waals surface area contributed by atoms with Gasteiger partial charge in [-0.1, -0.05) is 13.0 Å². The number of ether oxygens (including phenoxy) is 1. The predicted molar refractivity (Wildman–Crippen MR) is 79.1 cm³/mol. The Morgan fingerprint density at radius 2 is 2.33 bits per heavy atom. The molecule has 0 radical (unpaired) electrons. The maximum absolute atomic E-state index is 5.83. The molecule has 0 fully saturated rings. The summed E-state index contributed by atoms with van der Waals surface area (Å²) < 4.78 is 6.80. The van der Waals surface area contributed by atoms with Gasteiger partial charge in [0.1, 0.15) is 0 Å². The number of rotatable bonds is 6. The average Bonchev–Trinajstić information content (AvgIpc) is 2.36. The molecule has 3 nitrogen and oxygen atoms in total. The first-order chi connectivity index (χ1) is 8.67. The van der Waals surface area contributed by atoms with Gasteiger partial charge in [-0.05, 0) is 46.5 Å². The van der Waals surface area contributed by atoms with Crippen molar-refractivity contribution in [2.45, 2.75) is 26.4 Å². The second kappa shape index (κ2) is 8.16. The van der Waals surface area contributed by atoms with Crippen LogP contribution in [-0.4, -0.2) is 24.9 Å². The highest BCUT2D eigenvalue weighted by Gasteiger charge is 2.07. The molecule has 0 saturated heterocycles. The van der Waals surface area contributed by atoms with Crippen molar-refractivity contribution < 1.29 is 4.74 Å². The minimum Gasteiger partial charge on any atom is -0.369 e. The lowest BCUT2D eigenvalue weighted by atomic mass is 10.2. The molecule has 98 valence electrons. The Morgan fingerprint density at radius 3 is 2.94 bits per heavy atom. The topological polar surface area (TPSA) is 34.5 Å². The van der Waals surface area contributed by atoms with E-state index in [1.807, 2.05) is 25.4 Å². The molecule has 18 heavy (non-hydrogen) atoms. The molecule has 1 rings (SSSR count). The van der Waals surface area contributed by atoms with Crippen molar-refractivity contribution >= 4 is 22.1 Å². The standard InChI is InChI=1S/C14H19BrN2O/c1-4-5-12(7-16-3)10-18-11(2)13-6-14(15)9-17-8-13/h5-9,11H,4,10H2,1-3H3/b12-5+,16-7?. The predicted octanol–water partition coefficient (Wildman–Crippen LogP) is 3.96. The van der Waals surface area contributed by atoms with Gasteiger partial charge in [0.25, 0.3) is 0 Å². The Kier molecular flexibility index (Phi) is 6.83. The average molecular weight is 311 g/mol. The van der Waals surface area contributed by atoms with Crippen LogP contribution in [0.4, 0.5) is 0 Å². The van der Waals surface area contributed by atoms with Crippen LogP contribution in [0.2, 0.25) is 0 Å². The summed E-state index contributed by atoms with van der Waals surface area (Å²) in [6.07, 6.45) is 8.56. The van der Waals surface area contributed by atoms with Crippen molar-refractivity contribution in [1.82, 2.24) is 4.98 Å². The number of hydrogen-bond acceptors (Lipinski definition) is 3. The van der Waals surface area contributed by atoms with Gasteiger partial charge >= 0.3 is 0 Å². The Morgan fingerprint density at radius 1 is 1.56 bits per heavy atom. The highest BCUT2D eigenvalue weighted by Crippen LogP contribution is 2.19. The Labute approximate surface area is 117 Å². The fourth-order valence-corrected chi connectivity index (χ4v) is 1.93. The van der Waals surface area contributed by atoms with E-state index < -0.39 is 0 Å². The molecule has 4 heteroatoms. The quantitative estimate of drug-likeness (QED) is 0.745. The van der Waals surface area contributed by atoms with Gasteiger partial charge in [0.2, 0.25) is 0 Å². The maximum atomic E-state index is 5.83. The van der Waals surface area contributed by atoms with Crippen LogP contribution < -0.4 is 0 Å². The normalized spacial score (nSPS) is 14.1. The number of aliphatic imine (C=N–C) groups is 1. The number of hydrogen-bond donors (Lipinski definition) is 0. The van der Waals surface area contributed by atoms with Crippen LogP contribution in [0, 0.1) is 0 Å². The summed E-state index contributed by atoms with van der Waals surface area (Å²) >= 11 is 3.41. The van der Waals surface area contributed by atoms with Crippen molar-refractivity contribution in [3.05, 3.63) is 40.1 Å². The number of halogens is 1. The van der Waals surface area contributed by atoms with Crippen LogP contribution in [0.5, 0.6) is 0 Å². The van der Waals surface area contributed by atoms with Crippen molar-refractivity contribution in [3.63, 3.8) is 0 Å². The first kappa shape index (κ1) is 15.1. The summed E-state index contributed by atoms with van der Waals surface area (Å²) in [6, 6.07) is 2.02. The van der Waals surface area contributed by atoms with E-state index in [4.69, 9.17) is 4.74 Å². The molecule has 1 atom stereocenters. The van der Waals surface area contributed by atoms with Crippen molar-refractivity contribution in [2.24, 2.45) is 4.99 Å². The molecule has 1 heterocycles. The molecule has 0 amide bonds. The molecule has 1 aromatic rings. The van der Waals surface area contributed by atoms with Crippen LogP contribution >= 0.6 is 15.9 Å². The molecular weight excluding hydrogens is 292 g/mol. The smallest absolute Gasteiger partial charge is 0.0816 e. The van der Waals surface area contributed by atoms with Gasteiger partial charge in [-0.2, -0.15) is 0 Å². The van der Waals surface area contributed by atoms with Crippen molar-refractivity contribution in [2.75, 3.05) is 13.7 Å². The number of allylic oxidation sites excluding steroid dienone is 1. The van der Waals surface area contributed by atoms with E-state index in [0.717, 1.165) is 22.0 Å². The van der Waals surface area contributed by atoms with E-state index in [1.54, 1.807) is 13.2 Å². The van der Waals surface area contributed by atoms with Crippen LogP contribution in [0.25, 0.3) is 0 Å². The van der Waals surface area contributed by atoms with Gasteiger partial charge in [0, 0.05) is 30.1 Å². The fourth-order valence-electron chi connectivity index (χ4n) is 1.54. The van der Waals surface area contributed by atoms with Gasteiger partial charge < -0.3 is 4.74 Å². The zero-order valence-electron chi connectivity index (χ0n) is 11.1. The van der Waals surface area contributed by atoms with E-state index >= 15 is 0 Å². The van der Waals surface area contributed by atoms with E-state index in [1.165, 1.54) is 0 Å². The summed E-state index contributed by atoms with van der Waals surface area (Å²) in [6.45, 7) is 4.69. The zero-order valence-corrected chi connectivity index (χ0v) is 12.6. The maximum Gasteiger partial charge on any atom is 0.0816 e. The number of nitrogens with zero attached hydrogens (tertiary/aromatic N) is 2. The number of aromatic nitrogens is 1. The summed E-state index contributed by atoms with van der Waals surface area (Å²) in [5, 5.41) is 0. The van der Waals surface area contributed by atoms with Crippen molar-refractivity contribution in [3.8, 4) is 0 Å². The van der Waals surface area contributed by atoms with Crippen LogP contribution in [-0.2, 0) is 4.74 Å². The second-order valence-corrected chi connectivity index (χ2v) is 4.88. The van der Waals surface area contributed by atoms with Gasteiger partial charge in [0.05, 0.1) is 12.7 Å². The van der Waals surface area contributed by atoms with Crippen LogP contribution in [0.1, 0.15) is 31.9 Å². The largest absolute Gasteiger partial charge is 0.369 e. The fraction of sp³-hybridized carbons (Fsp3) is 0.429. The Bertz CT molecular complexity index is 430. The zero-order chi connectivity index (χ0) is 13.4. The SMILES string of the molecule is CC/C=C(\C=NC)COC(C)c1cncc(Br)c1. The third kappa shape index (κ3) is 5.10. The van der Waals surface area contributed by atoms with Crippen molar-refractivity contribution in [1.29, 1.82) is 0 Å². The molecule has 1 aromatic heterocycles. The first-order valence-electron chi connectivity index (χ1n) is 6.00. The monoisotopic (exact) mass is 310 g/mol. The van der Waals surface area contributed by atoms with Gasteiger partial charge in [-0.3, -0.25) is 9.98 Å². The third-order valence-corrected chi connectivity index (χ3v) is 2.89. The van der Waals surface area contributed by atoms with Gasteiger partial charge in [-0.15, -0.1) is 0 Å². The molecule has 0 aliphatic heterocycles. The summed E-state index contributed by atoms with van der Waals surface area (Å²) in [7, 11) is 1.77. The Hall–Kier alpha value is -1.00. The highest BCUT2D eigenvalue weighted by atomic mass is 79.9. The molecule has 0 aromatic carbocycles. The summed E-state index contributed by atoms with van der Waals surface area (Å²) in [5.74, 6) is 0. The van der Waals surface area contributed by atoms with E-state index in [0.29, 0.717) is 6.61 Å². The molecule has 0 aliphatic carbocycles. The summed E-state index contributed by atoms with van der Waals surface area (Å²) in [4.78, 5) is 8.16. The number of pyridine rings is 1. The third-order valence-electron chi connectivity index (χ3n) is 2.46. The van der Waals surface area contributed by atoms with E-state index in [-0.39, 0.29) is 6.10 Å². The van der Waals surface area contributed by atoms with E-state index in [9.17, 15) is 0 Å².